The predicted octanol–water partition coefficient (Wildman–Crippen LogP) is 5.31. The fourth-order valence-corrected chi connectivity index (χ4v) is 7.91. The van der Waals surface area contributed by atoms with Gasteiger partial charge in [-0.1, -0.05) is 80.6 Å². The average molecular weight is 591 g/mol. The molecule has 3 aliphatic carbocycles. The zero-order valence-electron chi connectivity index (χ0n) is 24.7. The molecule has 2 aliphatic heterocycles. The van der Waals surface area contributed by atoms with E-state index in [0.717, 1.165) is 18.4 Å². The Morgan fingerprint density at radius 3 is 1.55 bits per heavy atom. The van der Waals surface area contributed by atoms with E-state index in [9.17, 15) is 19.2 Å². The largest absolute Gasteiger partial charge is 0.491 e. The zero-order valence-corrected chi connectivity index (χ0v) is 24.7. The lowest BCUT2D eigenvalue weighted by molar-refractivity contribution is -0.140. The van der Waals surface area contributed by atoms with Gasteiger partial charge in [-0.25, -0.2) is 9.80 Å². The smallest absolute Gasteiger partial charge is 0.239 e. The minimum Gasteiger partial charge on any atom is -0.491 e. The third-order valence-electron chi connectivity index (χ3n) is 9.56. The average Bonchev–Trinajstić information content (AvgIpc) is 3.50. The van der Waals surface area contributed by atoms with Gasteiger partial charge in [0.25, 0.3) is 0 Å². The molecule has 0 radical (unpaired) electrons. The van der Waals surface area contributed by atoms with Crippen LogP contribution in [-0.4, -0.2) is 36.8 Å². The molecule has 1 saturated carbocycles. The number of carbonyl (C=O) groups excluding carboxylic acids is 4. The summed E-state index contributed by atoms with van der Waals surface area (Å²) >= 11 is 0. The Morgan fingerprint density at radius 1 is 0.614 bits per heavy atom. The maximum Gasteiger partial charge on any atom is 0.239 e. The number of hydrogen-bond acceptors (Lipinski definition) is 6. The number of carbonyl (C=O) groups is 4. The quantitative estimate of drug-likeness (QED) is 0.248. The molecule has 3 aromatic rings. The first-order valence-corrected chi connectivity index (χ1v) is 15.4. The van der Waals surface area contributed by atoms with Crippen molar-refractivity contribution in [1.29, 1.82) is 0 Å². The number of rotatable bonds is 9. The number of para-hydroxylation sites is 4. The second-order valence-corrected chi connectivity index (χ2v) is 11.9. The van der Waals surface area contributed by atoms with Gasteiger partial charge in [0, 0.05) is 11.3 Å². The normalized spacial score (nSPS) is 28.5. The molecule has 3 aromatic carbocycles. The molecular weight excluding hydrogens is 556 g/mol. The maximum absolute atomic E-state index is 14.6. The minimum atomic E-state index is -1.20. The van der Waals surface area contributed by atoms with E-state index in [-0.39, 0.29) is 23.6 Å². The Labute approximate surface area is 256 Å². The highest BCUT2D eigenvalue weighted by Gasteiger charge is 2.75. The summed E-state index contributed by atoms with van der Waals surface area (Å²) in [7, 11) is 0. The van der Waals surface area contributed by atoms with Gasteiger partial charge in [-0.3, -0.25) is 19.2 Å². The third-order valence-corrected chi connectivity index (χ3v) is 9.56. The first kappa shape index (κ1) is 28.1. The van der Waals surface area contributed by atoms with Crippen molar-refractivity contribution in [2.45, 2.75) is 32.1 Å². The standard InChI is InChI=1S/C36H34N2O6/c1-3-20-43-26-16-10-8-14-24(26)37-32(39)28-23-18-19-36(30(28)34(37)41,22-12-6-5-7-13-22)31-29(23)33(40)38(35(31)42)25-15-9-11-17-27(25)44-21-4-2/h5-19,23,28-31H,3-4,20-21H2,1-2H3/t23?,28-,29-,30+,31+,36?/m0/s1. The summed E-state index contributed by atoms with van der Waals surface area (Å²) in [6.07, 6.45) is 5.36. The van der Waals surface area contributed by atoms with Gasteiger partial charge >= 0.3 is 0 Å². The number of hydrogen-bond donors (Lipinski definition) is 0. The first-order chi connectivity index (χ1) is 21.5. The maximum atomic E-state index is 14.6. The molecule has 8 nitrogen and oxygen atoms in total. The predicted molar refractivity (Wildman–Crippen MR) is 164 cm³/mol. The summed E-state index contributed by atoms with van der Waals surface area (Å²) < 4.78 is 11.9. The fourth-order valence-electron chi connectivity index (χ4n) is 7.91. The Hall–Kier alpha value is -4.72. The number of imide groups is 2. The van der Waals surface area contributed by atoms with Crippen LogP contribution >= 0.6 is 0 Å². The number of benzene rings is 3. The van der Waals surface area contributed by atoms with E-state index in [1.54, 1.807) is 36.4 Å². The van der Waals surface area contributed by atoms with Gasteiger partial charge in [-0.2, -0.15) is 0 Å². The van der Waals surface area contributed by atoms with Crippen LogP contribution in [0.1, 0.15) is 32.3 Å². The van der Waals surface area contributed by atoms with Gasteiger partial charge in [0.1, 0.15) is 11.5 Å². The number of allylic oxidation sites excluding steroid dienone is 2. The summed E-state index contributed by atoms with van der Waals surface area (Å²) in [5, 5.41) is 0. The zero-order chi connectivity index (χ0) is 30.6. The molecule has 44 heavy (non-hydrogen) atoms. The van der Waals surface area contributed by atoms with E-state index >= 15 is 0 Å². The molecule has 224 valence electrons. The second kappa shape index (κ2) is 10.8. The summed E-state index contributed by atoms with van der Waals surface area (Å²) in [5.41, 5.74) is 0.308. The Balaban J connectivity index is 1.38. The van der Waals surface area contributed by atoms with Crippen molar-refractivity contribution in [2.75, 3.05) is 23.0 Å². The van der Waals surface area contributed by atoms with Crippen molar-refractivity contribution in [3.63, 3.8) is 0 Å². The third kappa shape index (κ3) is 3.82. The number of ether oxygens (including phenoxy) is 2. The molecule has 3 fully saturated rings. The molecule has 8 heteroatoms. The van der Waals surface area contributed by atoms with E-state index in [1.165, 1.54) is 9.80 Å². The van der Waals surface area contributed by atoms with Crippen molar-refractivity contribution >= 4 is 35.0 Å². The van der Waals surface area contributed by atoms with Crippen molar-refractivity contribution < 1.29 is 28.7 Å². The lowest BCUT2D eigenvalue weighted by atomic mass is 9.45. The van der Waals surface area contributed by atoms with E-state index < -0.39 is 35.0 Å². The highest BCUT2D eigenvalue weighted by molar-refractivity contribution is 6.27. The summed E-state index contributed by atoms with van der Waals surface area (Å²) in [6.45, 7) is 4.84. The van der Waals surface area contributed by atoms with E-state index in [4.69, 9.17) is 9.47 Å². The van der Waals surface area contributed by atoms with Crippen LogP contribution in [-0.2, 0) is 24.6 Å². The van der Waals surface area contributed by atoms with Crippen molar-refractivity contribution in [1.82, 2.24) is 0 Å². The van der Waals surface area contributed by atoms with Crippen LogP contribution < -0.4 is 19.3 Å². The lowest BCUT2D eigenvalue weighted by Crippen LogP contribution is -2.60. The summed E-state index contributed by atoms with van der Waals surface area (Å²) in [4.78, 5) is 60.6. The van der Waals surface area contributed by atoms with Gasteiger partial charge in [0.05, 0.1) is 48.3 Å². The number of amides is 4. The topological polar surface area (TPSA) is 93.2 Å². The van der Waals surface area contributed by atoms with E-state index in [0.29, 0.717) is 36.1 Å². The summed E-state index contributed by atoms with van der Waals surface area (Å²) in [5.74, 6) is -4.57. The molecule has 4 atom stereocenters. The van der Waals surface area contributed by atoms with Gasteiger partial charge in [0.2, 0.25) is 23.6 Å². The van der Waals surface area contributed by atoms with Gasteiger partial charge < -0.3 is 9.47 Å². The summed E-state index contributed by atoms with van der Waals surface area (Å²) in [6, 6.07) is 23.5. The highest BCUT2D eigenvalue weighted by atomic mass is 16.5. The highest BCUT2D eigenvalue weighted by Crippen LogP contribution is 2.65. The number of anilines is 2. The van der Waals surface area contributed by atoms with Crippen LogP contribution in [0.15, 0.2) is 91.0 Å². The van der Waals surface area contributed by atoms with Crippen molar-refractivity contribution in [2.24, 2.45) is 29.6 Å². The SMILES string of the molecule is CCCOc1ccccc1N1C(=O)[C@H]2C3C=CC(c4ccccc4)([C@H]2C1=O)[C@H]1C(=O)N(c2ccccc2OCCC)C(=O)[C@@H]31. The van der Waals surface area contributed by atoms with Crippen molar-refractivity contribution in [3.8, 4) is 11.5 Å². The van der Waals surface area contributed by atoms with Crippen molar-refractivity contribution in [3.05, 3.63) is 96.6 Å². The Kier molecular flexibility index (Phi) is 6.87. The van der Waals surface area contributed by atoms with Crippen LogP contribution in [0.25, 0.3) is 0 Å². The Morgan fingerprint density at radius 2 is 1.07 bits per heavy atom. The minimum absolute atomic E-state index is 0.369. The molecule has 5 aliphatic rings. The molecule has 2 bridgehead atoms. The van der Waals surface area contributed by atoms with Gasteiger partial charge in [0.15, 0.2) is 0 Å². The van der Waals surface area contributed by atoms with E-state index in [2.05, 4.69) is 0 Å². The molecule has 2 saturated heterocycles. The molecule has 8 rings (SSSR count). The molecular formula is C36H34N2O6. The van der Waals surface area contributed by atoms with E-state index in [1.807, 2.05) is 68.5 Å². The first-order valence-electron chi connectivity index (χ1n) is 15.4. The van der Waals surface area contributed by atoms with Gasteiger partial charge in [-0.05, 0) is 42.7 Å². The molecule has 0 aromatic heterocycles. The van der Waals surface area contributed by atoms with Crippen LogP contribution in [0.4, 0.5) is 11.4 Å². The molecule has 4 amide bonds. The van der Waals surface area contributed by atoms with Crippen LogP contribution in [0.3, 0.4) is 0 Å². The van der Waals surface area contributed by atoms with Crippen LogP contribution in [0, 0.1) is 29.6 Å². The molecule has 2 heterocycles. The Bertz CT molecular complexity index is 1590. The second-order valence-electron chi connectivity index (χ2n) is 11.9. The van der Waals surface area contributed by atoms with Crippen LogP contribution in [0.5, 0.6) is 11.5 Å². The lowest BCUT2D eigenvalue weighted by Gasteiger charge is -2.53. The molecule has 0 spiro atoms. The van der Waals surface area contributed by atoms with Crippen LogP contribution in [0.2, 0.25) is 0 Å². The molecule has 0 unspecified atom stereocenters. The fraction of sp³-hybridized carbons (Fsp3) is 0.333. The number of nitrogens with zero attached hydrogens (tertiary/aromatic N) is 2. The monoisotopic (exact) mass is 590 g/mol. The van der Waals surface area contributed by atoms with Gasteiger partial charge in [-0.15, -0.1) is 0 Å². The molecule has 0 N–H and O–H groups in total.